The Morgan fingerprint density at radius 1 is 1.38 bits per heavy atom. The number of alkyl halides is 1. The summed E-state index contributed by atoms with van der Waals surface area (Å²) in [5, 5.41) is 8.70. The number of pyridine rings is 1. The molecular weight excluding hydrogens is 335 g/mol. The lowest BCUT2D eigenvalue weighted by atomic mass is 10.2. The molecule has 0 aromatic carbocycles. The van der Waals surface area contributed by atoms with Gasteiger partial charge in [-0.1, -0.05) is 0 Å². The molecule has 1 atom stereocenters. The first-order valence-electron chi connectivity index (χ1n) is 8.54. The van der Waals surface area contributed by atoms with Gasteiger partial charge < -0.3 is 4.90 Å². The van der Waals surface area contributed by atoms with E-state index in [0.717, 1.165) is 23.4 Å². The first-order chi connectivity index (χ1) is 12.7. The fourth-order valence-corrected chi connectivity index (χ4v) is 3.33. The van der Waals surface area contributed by atoms with Gasteiger partial charge in [-0.25, -0.2) is 9.07 Å². The second-order valence-electron chi connectivity index (χ2n) is 6.39. The predicted octanol–water partition coefficient (Wildman–Crippen LogP) is 2.24. The number of hydrogen-bond donors (Lipinski definition) is 0. The first kappa shape index (κ1) is 16.4. The van der Waals surface area contributed by atoms with Crippen LogP contribution >= 0.6 is 0 Å². The molecule has 134 valence electrons. The smallest absolute Gasteiger partial charge is 0.274 e. The highest BCUT2D eigenvalue weighted by molar-refractivity contribution is 5.94. The van der Waals surface area contributed by atoms with Crippen LogP contribution in [0.3, 0.4) is 0 Å². The Morgan fingerprint density at radius 2 is 2.27 bits per heavy atom. The molecule has 26 heavy (non-hydrogen) atoms. The summed E-state index contributed by atoms with van der Waals surface area (Å²) in [5.74, 6) is -0.238. The molecule has 4 heterocycles. The van der Waals surface area contributed by atoms with E-state index in [1.807, 2.05) is 25.4 Å². The molecule has 4 rings (SSSR count). The van der Waals surface area contributed by atoms with Gasteiger partial charge in [0.25, 0.3) is 5.91 Å². The largest absolute Gasteiger partial charge is 0.332 e. The van der Waals surface area contributed by atoms with E-state index in [4.69, 9.17) is 0 Å². The van der Waals surface area contributed by atoms with Crippen LogP contribution in [0.15, 0.2) is 43.0 Å². The van der Waals surface area contributed by atoms with E-state index in [0.29, 0.717) is 18.7 Å². The Balaban J connectivity index is 1.77. The molecule has 3 aromatic rings. The van der Waals surface area contributed by atoms with Gasteiger partial charge in [0.15, 0.2) is 5.69 Å². The van der Waals surface area contributed by atoms with Crippen LogP contribution in [0.2, 0.25) is 0 Å². The maximum absolute atomic E-state index is 13.2. The Hall–Kier alpha value is -3.03. The summed E-state index contributed by atoms with van der Waals surface area (Å²) < 4.78 is 16.6. The predicted molar refractivity (Wildman–Crippen MR) is 93.6 cm³/mol. The van der Waals surface area contributed by atoms with Crippen LogP contribution in [0.1, 0.15) is 23.3 Å². The summed E-state index contributed by atoms with van der Waals surface area (Å²) in [7, 11) is 1.83. The van der Waals surface area contributed by atoms with Crippen molar-refractivity contribution < 1.29 is 9.18 Å². The van der Waals surface area contributed by atoms with Crippen molar-refractivity contribution in [2.45, 2.75) is 18.9 Å². The number of aryl methyl sites for hydroxylation is 1. The number of aromatic nitrogens is 5. The quantitative estimate of drug-likeness (QED) is 0.721. The highest BCUT2D eigenvalue weighted by Gasteiger charge is 2.31. The molecule has 0 radical (unpaired) electrons. The third-order valence-corrected chi connectivity index (χ3v) is 4.64. The highest BCUT2D eigenvalue weighted by atomic mass is 19.1. The van der Waals surface area contributed by atoms with Crippen molar-refractivity contribution in [3.05, 3.63) is 48.7 Å². The van der Waals surface area contributed by atoms with E-state index in [1.165, 1.54) is 0 Å². The van der Waals surface area contributed by atoms with Gasteiger partial charge in [-0.15, -0.1) is 0 Å². The number of nitrogens with zero attached hydrogens (tertiary/aromatic N) is 6. The van der Waals surface area contributed by atoms with Crippen molar-refractivity contribution in [2.24, 2.45) is 7.05 Å². The maximum Gasteiger partial charge on any atom is 0.274 e. The van der Waals surface area contributed by atoms with E-state index in [9.17, 15) is 9.18 Å². The molecule has 0 saturated carbocycles. The number of likely N-dealkylation sites (tertiary alicyclic amines) is 1. The highest BCUT2D eigenvalue weighted by Crippen LogP contribution is 2.26. The second kappa shape index (κ2) is 6.70. The van der Waals surface area contributed by atoms with Gasteiger partial charge in [-0.05, 0) is 31.0 Å². The van der Waals surface area contributed by atoms with Gasteiger partial charge in [0.05, 0.1) is 29.8 Å². The molecule has 0 bridgehead atoms. The summed E-state index contributed by atoms with van der Waals surface area (Å²) in [4.78, 5) is 18.6. The van der Waals surface area contributed by atoms with Gasteiger partial charge >= 0.3 is 0 Å². The van der Waals surface area contributed by atoms with Crippen LogP contribution in [0.5, 0.6) is 0 Å². The van der Waals surface area contributed by atoms with E-state index in [-0.39, 0.29) is 11.9 Å². The SMILES string of the molecule is Cn1cc(-c2cc(C(=O)N3CCC[C@H]3CF)nn2-c2cccnc2)cn1. The van der Waals surface area contributed by atoms with Crippen LogP contribution in [0.4, 0.5) is 4.39 Å². The summed E-state index contributed by atoms with van der Waals surface area (Å²) in [6.45, 7) is 0.0416. The van der Waals surface area contributed by atoms with Crippen molar-refractivity contribution >= 4 is 5.91 Å². The van der Waals surface area contributed by atoms with Crippen molar-refractivity contribution in [1.29, 1.82) is 0 Å². The van der Waals surface area contributed by atoms with Gasteiger partial charge in [0.2, 0.25) is 0 Å². The van der Waals surface area contributed by atoms with Gasteiger partial charge in [0.1, 0.15) is 6.67 Å². The van der Waals surface area contributed by atoms with Gasteiger partial charge in [-0.3, -0.25) is 14.5 Å². The summed E-state index contributed by atoms with van der Waals surface area (Å²) in [6, 6.07) is 5.06. The molecule has 0 unspecified atom stereocenters. The number of halogens is 1. The van der Waals surface area contributed by atoms with Gasteiger partial charge in [-0.2, -0.15) is 10.2 Å². The second-order valence-corrected chi connectivity index (χ2v) is 6.39. The third-order valence-electron chi connectivity index (χ3n) is 4.64. The summed E-state index contributed by atoms with van der Waals surface area (Å²) >= 11 is 0. The van der Waals surface area contributed by atoms with Crippen LogP contribution in [0, 0.1) is 0 Å². The Labute approximate surface area is 150 Å². The fraction of sp³-hybridized carbons (Fsp3) is 0.333. The minimum Gasteiger partial charge on any atom is -0.332 e. The normalized spacial score (nSPS) is 17.0. The lowest BCUT2D eigenvalue weighted by Gasteiger charge is -2.21. The molecule has 1 amide bonds. The van der Waals surface area contributed by atoms with Gasteiger partial charge in [0, 0.05) is 31.5 Å². The maximum atomic E-state index is 13.2. The van der Waals surface area contributed by atoms with Crippen molar-refractivity contribution in [2.75, 3.05) is 13.2 Å². The molecule has 8 heteroatoms. The van der Waals surface area contributed by atoms with Crippen molar-refractivity contribution in [3.8, 4) is 16.9 Å². The molecule has 0 spiro atoms. The minimum atomic E-state index is -0.523. The molecule has 0 aliphatic carbocycles. The van der Waals surface area contributed by atoms with Crippen LogP contribution in [-0.2, 0) is 7.05 Å². The zero-order chi connectivity index (χ0) is 18.1. The number of rotatable bonds is 4. The lowest BCUT2D eigenvalue weighted by Crippen LogP contribution is -2.37. The average Bonchev–Trinajstić information content (AvgIpc) is 3.40. The molecule has 1 saturated heterocycles. The minimum absolute atomic E-state index is 0.238. The molecule has 1 fully saturated rings. The monoisotopic (exact) mass is 354 g/mol. The number of carbonyl (C=O) groups is 1. The van der Waals surface area contributed by atoms with E-state index < -0.39 is 6.67 Å². The van der Waals surface area contributed by atoms with E-state index in [1.54, 1.807) is 38.9 Å². The standard InChI is InChI=1S/C18H19FN6O/c1-23-12-13(10-21-23)17-8-16(18(26)24-7-3-5-14(24)9-19)22-25(17)15-4-2-6-20-11-15/h2,4,6,8,10-12,14H,3,5,7,9H2,1H3/t14-/m0/s1. The average molecular weight is 354 g/mol. The summed E-state index contributed by atoms with van der Waals surface area (Å²) in [6.07, 6.45) is 8.46. The Kier molecular flexibility index (Phi) is 4.24. The zero-order valence-corrected chi connectivity index (χ0v) is 14.4. The van der Waals surface area contributed by atoms with Crippen molar-refractivity contribution in [3.63, 3.8) is 0 Å². The van der Waals surface area contributed by atoms with E-state index in [2.05, 4.69) is 15.2 Å². The summed E-state index contributed by atoms with van der Waals surface area (Å²) in [5.41, 5.74) is 2.62. The number of amides is 1. The van der Waals surface area contributed by atoms with Crippen LogP contribution in [0.25, 0.3) is 16.9 Å². The molecule has 3 aromatic heterocycles. The Bertz CT molecular complexity index is 919. The molecule has 0 N–H and O–H groups in total. The number of hydrogen-bond acceptors (Lipinski definition) is 4. The molecular formula is C18H19FN6O. The Morgan fingerprint density at radius 3 is 2.96 bits per heavy atom. The third kappa shape index (κ3) is 2.87. The molecule has 7 nitrogen and oxygen atoms in total. The van der Waals surface area contributed by atoms with Crippen LogP contribution < -0.4 is 0 Å². The number of carbonyl (C=O) groups excluding carboxylic acids is 1. The first-order valence-corrected chi connectivity index (χ1v) is 8.54. The zero-order valence-electron chi connectivity index (χ0n) is 14.4. The lowest BCUT2D eigenvalue weighted by molar-refractivity contribution is 0.0710. The molecule has 1 aliphatic heterocycles. The molecule has 1 aliphatic rings. The van der Waals surface area contributed by atoms with E-state index >= 15 is 0 Å². The fourth-order valence-electron chi connectivity index (χ4n) is 3.33. The van der Waals surface area contributed by atoms with Crippen LogP contribution in [-0.4, -0.2) is 54.6 Å². The van der Waals surface area contributed by atoms with Crippen molar-refractivity contribution in [1.82, 2.24) is 29.4 Å². The topological polar surface area (TPSA) is 68.8 Å².